The number of aryl methyl sites for hydroxylation is 4. The summed E-state index contributed by atoms with van der Waals surface area (Å²) < 4.78 is 3.39. The number of rotatable bonds is 7. The Kier molecular flexibility index (Phi) is 6.54. The normalized spacial score (nSPS) is 14.2. The molecule has 0 amide bonds. The summed E-state index contributed by atoms with van der Waals surface area (Å²) in [7, 11) is 4.26. The minimum atomic E-state index is -0.145. The molecule has 5 nitrogen and oxygen atoms in total. The molecule has 1 aliphatic rings. The Labute approximate surface area is 181 Å². The summed E-state index contributed by atoms with van der Waals surface area (Å²) in [6.07, 6.45) is 7.14. The zero-order chi connectivity index (χ0) is 21.1. The molecule has 1 aliphatic carbocycles. The van der Waals surface area contributed by atoms with Gasteiger partial charge in [0.05, 0.1) is 26.0 Å². The van der Waals surface area contributed by atoms with E-state index in [2.05, 4.69) is 26.2 Å². The van der Waals surface area contributed by atoms with Crippen LogP contribution in [0.4, 0.5) is 0 Å². The third-order valence-corrected chi connectivity index (χ3v) is 7.41. The van der Waals surface area contributed by atoms with E-state index in [4.69, 9.17) is 0 Å². The van der Waals surface area contributed by atoms with Crippen molar-refractivity contribution in [1.82, 2.24) is 9.13 Å². The number of hydrogen-bond donors (Lipinski definition) is 1. The molecule has 4 rings (SSSR count). The van der Waals surface area contributed by atoms with Crippen molar-refractivity contribution < 1.29 is 4.90 Å². The second kappa shape index (κ2) is 9.31. The highest BCUT2D eigenvalue weighted by atomic mass is 32.1. The van der Waals surface area contributed by atoms with Crippen molar-refractivity contribution in [2.45, 2.75) is 58.0 Å². The average molecular weight is 427 g/mol. The number of benzene rings is 1. The number of fused-ring (bicyclic) bond motifs is 3. The maximum atomic E-state index is 13.5. The van der Waals surface area contributed by atoms with Gasteiger partial charge in [-0.15, -0.1) is 11.3 Å². The van der Waals surface area contributed by atoms with E-state index in [9.17, 15) is 9.59 Å². The van der Waals surface area contributed by atoms with Gasteiger partial charge in [0.1, 0.15) is 4.83 Å². The van der Waals surface area contributed by atoms with Crippen LogP contribution in [0.15, 0.2) is 39.9 Å². The predicted octanol–water partition coefficient (Wildman–Crippen LogP) is 2.27. The van der Waals surface area contributed by atoms with Gasteiger partial charge >= 0.3 is 5.69 Å². The molecule has 0 atom stereocenters. The molecule has 0 unspecified atom stereocenters. The van der Waals surface area contributed by atoms with Crippen molar-refractivity contribution in [3.63, 3.8) is 0 Å². The Morgan fingerprint density at radius 2 is 1.73 bits per heavy atom. The molecule has 1 aromatic carbocycles. The number of quaternary nitrogens is 1. The number of aromatic nitrogens is 2. The second-order valence-electron chi connectivity index (χ2n) is 8.68. The first-order valence-electron chi connectivity index (χ1n) is 11.2. The van der Waals surface area contributed by atoms with Crippen molar-refractivity contribution >= 4 is 21.6 Å². The van der Waals surface area contributed by atoms with Crippen LogP contribution in [-0.4, -0.2) is 29.8 Å². The Morgan fingerprint density at radius 1 is 0.967 bits per heavy atom. The molecule has 1 N–H and O–H groups in total. The van der Waals surface area contributed by atoms with Crippen LogP contribution in [0.2, 0.25) is 0 Å². The van der Waals surface area contributed by atoms with Crippen LogP contribution in [0, 0.1) is 0 Å². The van der Waals surface area contributed by atoms with Crippen LogP contribution in [0.1, 0.15) is 41.7 Å². The molecule has 0 aliphatic heterocycles. The van der Waals surface area contributed by atoms with Gasteiger partial charge in [-0.2, -0.15) is 0 Å². The first kappa shape index (κ1) is 21.1. The van der Waals surface area contributed by atoms with Crippen LogP contribution in [0.3, 0.4) is 0 Å². The average Bonchev–Trinajstić information content (AvgIpc) is 2.93. The molecule has 0 fully saturated rings. The van der Waals surface area contributed by atoms with Crippen LogP contribution in [0.25, 0.3) is 10.2 Å². The third-order valence-electron chi connectivity index (χ3n) is 6.09. The van der Waals surface area contributed by atoms with E-state index in [1.807, 2.05) is 22.8 Å². The van der Waals surface area contributed by atoms with Gasteiger partial charge in [0.2, 0.25) is 0 Å². The fourth-order valence-corrected chi connectivity index (χ4v) is 5.86. The Hall–Kier alpha value is -2.18. The molecule has 160 valence electrons. The molecule has 3 aromatic rings. The van der Waals surface area contributed by atoms with E-state index >= 15 is 0 Å². The molecule has 6 heteroatoms. The minimum absolute atomic E-state index is 0.0835. The van der Waals surface area contributed by atoms with Crippen molar-refractivity contribution in [2.75, 3.05) is 20.6 Å². The first-order chi connectivity index (χ1) is 14.6. The first-order valence-corrected chi connectivity index (χ1v) is 12.0. The van der Waals surface area contributed by atoms with Crippen LogP contribution < -0.4 is 16.1 Å². The van der Waals surface area contributed by atoms with E-state index in [0.29, 0.717) is 19.5 Å². The summed E-state index contributed by atoms with van der Waals surface area (Å²) in [6, 6.07) is 10.1. The van der Waals surface area contributed by atoms with Crippen molar-refractivity contribution in [1.29, 1.82) is 0 Å². The standard InChI is InChI=1S/C24H31N3O2S/c1-25(2)15-9-16-27-23-21(19-12-7-4-8-13-20(19)30-23)22(28)26(24(27)29)17-14-18-10-5-3-6-11-18/h3,5-6,10-11H,4,7-9,12-17H2,1-2H3/p+1. The summed E-state index contributed by atoms with van der Waals surface area (Å²) >= 11 is 1.69. The highest BCUT2D eigenvalue weighted by Gasteiger charge is 2.22. The van der Waals surface area contributed by atoms with Gasteiger partial charge in [-0.05, 0) is 43.2 Å². The monoisotopic (exact) mass is 426 g/mol. The van der Waals surface area contributed by atoms with Gasteiger partial charge in [0.15, 0.2) is 0 Å². The van der Waals surface area contributed by atoms with E-state index in [0.717, 1.165) is 48.0 Å². The summed E-state index contributed by atoms with van der Waals surface area (Å²) in [5.74, 6) is 0. The molecule has 2 aromatic heterocycles. The second-order valence-corrected chi connectivity index (χ2v) is 9.77. The van der Waals surface area contributed by atoms with Crippen molar-refractivity contribution in [3.8, 4) is 0 Å². The lowest BCUT2D eigenvalue weighted by Gasteiger charge is -2.13. The largest absolute Gasteiger partial charge is 0.340 e. The zero-order valence-electron chi connectivity index (χ0n) is 18.1. The lowest BCUT2D eigenvalue weighted by molar-refractivity contribution is -0.858. The van der Waals surface area contributed by atoms with Gasteiger partial charge in [0, 0.05) is 24.4 Å². The van der Waals surface area contributed by atoms with Gasteiger partial charge in [-0.3, -0.25) is 13.9 Å². The van der Waals surface area contributed by atoms with Gasteiger partial charge in [-0.1, -0.05) is 36.8 Å². The van der Waals surface area contributed by atoms with Crippen molar-refractivity contribution in [3.05, 3.63) is 67.2 Å². The SMILES string of the molecule is C[NH+](C)CCCn1c(=O)n(CCc2ccccc2)c(=O)c2c3c(sc21)CCCCC3. The number of nitrogens with zero attached hydrogens (tertiary/aromatic N) is 2. The Balaban J connectivity index is 1.80. The smallest absolute Gasteiger partial charge is 0.332 e. The molecule has 2 heterocycles. The highest BCUT2D eigenvalue weighted by Crippen LogP contribution is 2.33. The van der Waals surface area contributed by atoms with Crippen molar-refractivity contribution in [2.24, 2.45) is 0 Å². The number of hydrogen-bond acceptors (Lipinski definition) is 3. The fourth-order valence-electron chi connectivity index (χ4n) is 4.46. The minimum Gasteiger partial charge on any atom is -0.340 e. The lowest BCUT2D eigenvalue weighted by atomic mass is 10.1. The lowest BCUT2D eigenvalue weighted by Crippen LogP contribution is -3.05. The van der Waals surface area contributed by atoms with Crippen LogP contribution >= 0.6 is 11.3 Å². The quantitative estimate of drug-likeness (QED) is 0.589. The van der Waals surface area contributed by atoms with E-state index in [-0.39, 0.29) is 11.2 Å². The summed E-state index contributed by atoms with van der Waals surface area (Å²) in [5.41, 5.74) is 2.14. The molecular formula is C24H32N3O2S+. The van der Waals surface area contributed by atoms with Crippen LogP contribution in [-0.2, 0) is 32.4 Å². The van der Waals surface area contributed by atoms with Gasteiger partial charge in [0.25, 0.3) is 5.56 Å². The van der Waals surface area contributed by atoms with E-state index in [1.54, 1.807) is 11.3 Å². The zero-order valence-corrected chi connectivity index (χ0v) is 18.9. The predicted molar refractivity (Wildman–Crippen MR) is 124 cm³/mol. The fraction of sp³-hybridized carbons (Fsp3) is 0.500. The van der Waals surface area contributed by atoms with Gasteiger partial charge < -0.3 is 4.90 Å². The van der Waals surface area contributed by atoms with E-state index in [1.165, 1.54) is 32.7 Å². The molecular weight excluding hydrogens is 394 g/mol. The molecule has 30 heavy (non-hydrogen) atoms. The number of thiophene rings is 1. The topological polar surface area (TPSA) is 48.4 Å². The summed E-state index contributed by atoms with van der Waals surface area (Å²) in [6.45, 7) is 2.11. The van der Waals surface area contributed by atoms with E-state index < -0.39 is 0 Å². The molecule has 0 bridgehead atoms. The summed E-state index contributed by atoms with van der Waals surface area (Å²) in [5, 5.41) is 0.821. The molecule has 0 saturated carbocycles. The maximum Gasteiger partial charge on any atom is 0.332 e. The highest BCUT2D eigenvalue weighted by molar-refractivity contribution is 7.18. The third kappa shape index (κ3) is 4.30. The molecule has 0 spiro atoms. The maximum absolute atomic E-state index is 13.5. The number of nitrogens with one attached hydrogen (secondary N) is 1. The molecule has 0 radical (unpaired) electrons. The Bertz CT molecular complexity index is 1130. The molecule has 0 saturated heterocycles. The Morgan fingerprint density at radius 3 is 2.50 bits per heavy atom. The van der Waals surface area contributed by atoms with Crippen LogP contribution in [0.5, 0.6) is 0 Å². The summed E-state index contributed by atoms with van der Waals surface area (Å²) in [4.78, 5) is 30.5. The van der Waals surface area contributed by atoms with Gasteiger partial charge in [-0.25, -0.2) is 4.79 Å².